The summed E-state index contributed by atoms with van der Waals surface area (Å²) in [6, 6.07) is 17.6. The Kier molecular flexibility index (Phi) is 5.70. The second-order valence-electron chi connectivity index (χ2n) is 6.09. The zero-order valence-corrected chi connectivity index (χ0v) is 15.2. The fraction of sp³-hybridized carbons (Fsp3) is 0.0455. The predicted molar refractivity (Wildman–Crippen MR) is 103 cm³/mol. The molecule has 8 heteroatoms. The van der Waals surface area contributed by atoms with Crippen LogP contribution in [0.25, 0.3) is 17.4 Å². The molecule has 5 nitrogen and oxygen atoms in total. The summed E-state index contributed by atoms with van der Waals surface area (Å²) in [6.07, 6.45) is -3.36. The molecule has 0 aliphatic heterocycles. The molecule has 3 rings (SSSR count). The molecule has 0 aliphatic carbocycles. The second kappa shape index (κ2) is 8.38. The van der Waals surface area contributed by atoms with Crippen molar-refractivity contribution in [3.05, 3.63) is 83.1 Å². The highest BCUT2D eigenvalue weighted by molar-refractivity contribution is 6.09. The van der Waals surface area contributed by atoms with E-state index in [-0.39, 0.29) is 17.0 Å². The first-order chi connectivity index (χ1) is 14.3. The van der Waals surface area contributed by atoms with E-state index < -0.39 is 17.6 Å². The molecule has 3 aromatic rings. The van der Waals surface area contributed by atoms with Gasteiger partial charge in [-0.2, -0.15) is 23.7 Å². The van der Waals surface area contributed by atoms with Crippen LogP contribution in [0.3, 0.4) is 0 Å². The molecule has 0 atom stereocenters. The van der Waals surface area contributed by atoms with Gasteiger partial charge in [0.1, 0.15) is 23.2 Å². The summed E-state index contributed by atoms with van der Waals surface area (Å²) in [5.41, 5.74) is -0.160. The van der Waals surface area contributed by atoms with Crippen LogP contribution < -0.4 is 5.32 Å². The van der Waals surface area contributed by atoms with E-state index in [1.807, 2.05) is 6.07 Å². The predicted octanol–water partition coefficient (Wildman–Crippen LogP) is 5.38. The van der Waals surface area contributed by atoms with Gasteiger partial charge in [0.05, 0.1) is 17.2 Å². The SMILES string of the molecule is N#C/C(=C/c1ccc(-c2ccc(C#N)cc2)o1)C(=O)Nc1cccc(C(F)(F)F)c1. The first kappa shape index (κ1) is 20.4. The van der Waals surface area contributed by atoms with Crippen LogP contribution in [0.5, 0.6) is 0 Å². The summed E-state index contributed by atoms with van der Waals surface area (Å²) in [5.74, 6) is -0.195. The molecule has 1 N–H and O–H groups in total. The molecule has 0 fully saturated rings. The minimum absolute atomic E-state index is 0.0892. The number of nitrogens with zero attached hydrogens (tertiary/aromatic N) is 2. The number of nitriles is 2. The summed E-state index contributed by atoms with van der Waals surface area (Å²) < 4.78 is 44.0. The molecule has 1 aromatic heterocycles. The largest absolute Gasteiger partial charge is 0.457 e. The van der Waals surface area contributed by atoms with Gasteiger partial charge < -0.3 is 9.73 Å². The van der Waals surface area contributed by atoms with Gasteiger partial charge in [-0.15, -0.1) is 0 Å². The number of carbonyl (C=O) groups excluding carboxylic acids is 1. The van der Waals surface area contributed by atoms with Crippen LogP contribution in [0.1, 0.15) is 16.9 Å². The summed E-state index contributed by atoms with van der Waals surface area (Å²) in [6.45, 7) is 0. The number of rotatable bonds is 4. The summed E-state index contributed by atoms with van der Waals surface area (Å²) in [5, 5.41) is 20.4. The van der Waals surface area contributed by atoms with E-state index in [9.17, 15) is 23.2 Å². The van der Waals surface area contributed by atoms with Crippen molar-refractivity contribution in [2.75, 3.05) is 5.32 Å². The summed E-state index contributed by atoms with van der Waals surface area (Å²) in [4.78, 5) is 12.3. The Morgan fingerprint density at radius 1 is 1.03 bits per heavy atom. The van der Waals surface area contributed by atoms with Gasteiger partial charge in [-0.25, -0.2) is 0 Å². The average molecular weight is 407 g/mol. The maximum Gasteiger partial charge on any atom is 0.416 e. The number of halogens is 3. The van der Waals surface area contributed by atoms with Crippen molar-refractivity contribution >= 4 is 17.7 Å². The Morgan fingerprint density at radius 2 is 1.77 bits per heavy atom. The maximum atomic E-state index is 12.8. The Hall–Kier alpha value is -4.30. The molecule has 0 bridgehead atoms. The minimum atomic E-state index is -4.55. The van der Waals surface area contributed by atoms with E-state index >= 15 is 0 Å². The lowest BCUT2D eigenvalue weighted by atomic mass is 10.1. The Labute approximate surface area is 169 Å². The van der Waals surface area contributed by atoms with E-state index in [1.54, 1.807) is 42.5 Å². The lowest BCUT2D eigenvalue weighted by Gasteiger charge is -2.09. The molecule has 0 radical (unpaired) electrons. The number of furan rings is 1. The molecule has 148 valence electrons. The number of carbonyl (C=O) groups is 1. The van der Waals surface area contributed by atoms with Crippen LogP contribution in [0.2, 0.25) is 0 Å². The van der Waals surface area contributed by atoms with Crippen molar-refractivity contribution in [2.24, 2.45) is 0 Å². The van der Waals surface area contributed by atoms with Gasteiger partial charge in [0.15, 0.2) is 0 Å². The zero-order chi connectivity index (χ0) is 21.7. The van der Waals surface area contributed by atoms with E-state index in [4.69, 9.17) is 9.68 Å². The van der Waals surface area contributed by atoms with Crippen molar-refractivity contribution < 1.29 is 22.4 Å². The topological polar surface area (TPSA) is 89.8 Å². The maximum absolute atomic E-state index is 12.8. The average Bonchev–Trinajstić information content (AvgIpc) is 3.20. The molecular weight excluding hydrogens is 395 g/mol. The number of hydrogen-bond donors (Lipinski definition) is 1. The van der Waals surface area contributed by atoms with Crippen molar-refractivity contribution in [3.8, 4) is 23.5 Å². The molecule has 0 saturated carbocycles. The second-order valence-corrected chi connectivity index (χ2v) is 6.09. The zero-order valence-electron chi connectivity index (χ0n) is 15.2. The summed E-state index contributed by atoms with van der Waals surface area (Å²) >= 11 is 0. The third-order valence-corrected chi connectivity index (χ3v) is 4.02. The van der Waals surface area contributed by atoms with E-state index in [1.165, 1.54) is 12.1 Å². The van der Waals surface area contributed by atoms with E-state index in [2.05, 4.69) is 5.32 Å². The van der Waals surface area contributed by atoms with Gasteiger partial charge >= 0.3 is 6.18 Å². The van der Waals surface area contributed by atoms with Crippen LogP contribution >= 0.6 is 0 Å². The first-order valence-electron chi connectivity index (χ1n) is 8.51. The van der Waals surface area contributed by atoms with Crippen molar-refractivity contribution in [1.82, 2.24) is 0 Å². The van der Waals surface area contributed by atoms with Crippen LogP contribution in [-0.4, -0.2) is 5.91 Å². The van der Waals surface area contributed by atoms with Crippen molar-refractivity contribution in [1.29, 1.82) is 10.5 Å². The van der Waals surface area contributed by atoms with Gasteiger partial charge in [0.2, 0.25) is 0 Å². The summed E-state index contributed by atoms with van der Waals surface area (Å²) in [7, 11) is 0. The third-order valence-electron chi connectivity index (χ3n) is 4.02. The molecule has 1 heterocycles. The fourth-order valence-electron chi connectivity index (χ4n) is 2.56. The van der Waals surface area contributed by atoms with Crippen LogP contribution in [0, 0.1) is 22.7 Å². The number of amides is 1. The van der Waals surface area contributed by atoms with Gasteiger partial charge in [-0.3, -0.25) is 4.79 Å². The monoisotopic (exact) mass is 407 g/mol. The number of nitrogens with one attached hydrogen (secondary N) is 1. The van der Waals surface area contributed by atoms with Crippen LogP contribution in [0.4, 0.5) is 18.9 Å². The highest BCUT2D eigenvalue weighted by atomic mass is 19.4. The molecular formula is C22H12F3N3O2. The molecule has 1 amide bonds. The Morgan fingerprint density at radius 3 is 2.40 bits per heavy atom. The molecule has 30 heavy (non-hydrogen) atoms. The van der Waals surface area contributed by atoms with E-state index in [0.717, 1.165) is 18.2 Å². The number of alkyl halides is 3. The highest BCUT2D eigenvalue weighted by Gasteiger charge is 2.30. The van der Waals surface area contributed by atoms with Crippen molar-refractivity contribution in [2.45, 2.75) is 6.18 Å². The lowest BCUT2D eigenvalue weighted by Crippen LogP contribution is -2.14. The molecule has 0 aliphatic rings. The van der Waals surface area contributed by atoms with Gasteiger partial charge in [0.25, 0.3) is 5.91 Å². The van der Waals surface area contributed by atoms with Gasteiger partial charge in [-0.05, 0) is 54.6 Å². The minimum Gasteiger partial charge on any atom is -0.457 e. The smallest absolute Gasteiger partial charge is 0.416 e. The molecule has 0 saturated heterocycles. The quantitative estimate of drug-likeness (QED) is 0.464. The first-order valence-corrected chi connectivity index (χ1v) is 8.51. The Bertz CT molecular complexity index is 1190. The van der Waals surface area contributed by atoms with Crippen LogP contribution in [-0.2, 0) is 11.0 Å². The highest BCUT2D eigenvalue weighted by Crippen LogP contribution is 2.31. The Balaban J connectivity index is 1.79. The normalized spacial score (nSPS) is 11.4. The molecule has 0 spiro atoms. The van der Waals surface area contributed by atoms with Crippen molar-refractivity contribution in [3.63, 3.8) is 0 Å². The van der Waals surface area contributed by atoms with Crippen LogP contribution in [0.15, 0.2) is 70.7 Å². The molecule has 2 aromatic carbocycles. The van der Waals surface area contributed by atoms with Gasteiger partial charge in [-0.1, -0.05) is 6.07 Å². The fourth-order valence-corrected chi connectivity index (χ4v) is 2.56. The number of anilines is 1. The number of hydrogen-bond acceptors (Lipinski definition) is 4. The number of benzene rings is 2. The third kappa shape index (κ3) is 4.75. The van der Waals surface area contributed by atoms with E-state index in [0.29, 0.717) is 16.9 Å². The standard InChI is InChI=1S/C22H12F3N3O2/c23-22(24,25)17-2-1-3-18(11-17)28-21(29)16(13-27)10-19-8-9-20(30-19)15-6-4-14(12-26)5-7-15/h1-11H,(H,28,29)/b16-10-. The van der Waals surface area contributed by atoms with Gasteiger partial charge in [0, 0.05) is 17.3 Å². The lowest BCUT2D eigenvalue weighted by molar-refractivity contribution is -0.137. The molecule has 0 unspecified atom stereocenters.